The zero-order valence-electron chi connectivity index (χ0n) is 6.67. The number of rotatable bonds is 2. The molecule has 2 heteroatoms. The first kappa shape index (κ1) is 8.41. The molecular formula is C9H11ClO. The Labute approximate surface area is 71.7 Å². The second-order valence-electron chi connectivity index (χ2n) is 2.52. The van der Waals surface area contributed by atoms with Crippen molar-refractivity contribution < 1.29 is 4.42 Å². The van der Waals surface area contributed by atoms with Crippen molar-refractivity contribution in [1.82, 2.24) is 0 Å². The quantitative estimate of drug-likeness (QED) is 0.621. The van der Waals surface area contributed by atoms with Crippen LogP contribution < -0.4 is 0 Å². The van der Waals surface area contributed by atoms with Crippen molar-refractivity contribution in [2.24, 2.45) is 0 Å². The van der Waals surface area contributed by atoms with Gasteiger partial charge in [-0.15, -0.1) is 11.6 Å². The summed E-state index contributed by atoms with van der Waals surface area (Å²) in [5.74, 6) is 0.856. The van der Waals surface area contributed by atoms with Crippen LogP contribution in [-0.4, -0.2) is 5.38 Å². The van der Waals surface area contributed by atoms with Gasteiger partial charge in [-0.3, -0.25) is 0 Å². The molecule has 0 aliphatic carbocycles. The molecule has 0 spiro atoms. The van der Waals surface area contributed by atoms with Gasteiger partial charge in [-0.2, -0.15) is 0 Å². The number of halogens is 1. The van der Waals surface area contributed by atoms with Crippen LogP contribution in [0.15, 0.2) is 28.4 Å². The van der Waals surface area contributed by atoms with Crippen LogP contribution in [0.3, 0.4) is 0 Å². The second kappa shape index (κ2) is 3.63. The molecule has 11 heavy (non-hydrogen) atoms. The lowest BCUT2D eigenvalue weighted by molar-refractivity contribution is 0.556. The SMILES string of the molecule is C/C(=C\c1ccco1)C(C)Cl. The lowest BCUT2D eigenvalue weighted by Gasteiger charge is -1.99. The second-order valence-corrected chi connectivity index (χ2v) is 3.17. The summed E-state index contributed by atoms with van der Waals surface area (Å²) in [5, 5.41) is 0.0695. The van der Waals surface area contributed by atoms with Crippen LogP contribution >= 0.6 is 11.6 Å². The summed E-state index contributed by atoms with van der Waals surface area (Å²) in [7, 11) is 0. The van der Waals surface area contributed by atoms with Crippen molar-refractivity contribution in [3.05, 3.63) is 29.7 Å². The minimum absolute atomic E-state index is 0.0695. The molecule has 0 amide bonds. The number of hydrogen-bond donors (Lipinski definition) is 0. The highest BCUT2D eigenvalue weighted by Gasteiger charge is 1.98. The van der Waals surface area contributed by atoms with E-state index in [1.54, 1.807) is 6.26 Å². The Morgan fingerprint density at radius 2 is 2.45 bits per heavy atom. The third-order valence-corrected chi connectivity index (χ3v) is 1.88. The molecular weight excluding hydrogens is 160 g/mol. The molecule has 1 rings (SSSR count). The minimum Gasteiger partial charge on any atom is -0.465 e. The Balaban J connectivity index is 2.74. The van der Waals surface area contributed by atoms with E-state index in [1.807, 2.05) is 32.1 Å². The molecule has 0 saturated carbocycles. The topological polar surface area (TPSA) is 13.1 Å². The van der Waals surface area contributed by atoms with Crippen molar-refractivity contribution in [2.75, 3.05) is 0 Å². The fourth-order valence-corrected chi connectivity index (χ4v) is 0.776. The molecule has 1 nitrogen and oxygen atoms in total. The zero-order chi connectivity index (χ0) is 8.27. The molecule has 0 aliphatic heterocycles. The highest BCUT2D eigenvalue weighted by atomic mass is 35.5. The van der Waals surface area contributed by atoms with Gasteiger partial charge in [0.25, 0.3) is 0 Å². The lowest BCUT2D eigenvalue weighted by Crippen LogP contribution is -1.90. The van der Waals surface area contributed by atoms with Crippen molar-refractivity contribution in [2.45, 2.75) is 19.2 Å². The van der Waals surface area contributed by atoms with Crippen molar-refractivity contribution in [3.8, 4) is 0 Å². The molecule has 60 valence electrons. The van der Waals surface area contributed by atoms with Gasteiger partial charge in [-0.1, -0.05) is 5.57 Å². The summed E-state index contributed by atoms with van der Waals surface area (Å²) in [5.41, 5.74) is 1.11. The molecule has 0 bridgehead atoms. The van der Waals surface area contributed by atoms with Gasteiger partial charge >= 0.3 is 0 Å². The first-order valence-corrected chi connectivity index (χ1v) is 3.99. The Morgan fingerprint density at radius 3 is 2.91 bits per heavy atom. The third-order valence-electron chi connectivity index (χ3n) is 1.54. The van der Waals surface area contributed by atoms with Gasteiger partial charge in [0.05, 0.1) is 11.6 Å². The van der Waals surface area contributed by atoms with Gasteiger partial charge < -0.3 is 4.42 Å². The van der Waals surface area contributed by atoms with Crippen LogP contribution in [-0.2, 0) is 0 Å². The van der Waals surface area contributed by atoms with E-state index in [9.17, 15) is 0 Å². The number of allylic oxidation sites excluding steroid dienone is 1. The first-order chi connectivity index (χ1) is 5.20. The highest BCUT2D eigenvalue weighted by Crippen LogP contribution is 2.13. The monoisotopic (exact) mass is 170 g/mol. The maximum absolute atomic E-state index is 5.84. The summed E-state index contributed by atoms with van der Waals surface area (Å²) in [6.07, 6.45) is 3.59. The lowest BCUT2D eigenvalue weighted by atomic mass is 10.2. The largest absolute Gasteiger partial charge is 0.465 e. The van der Waals surface area contributed by atoms with Crippen LogP contribution in [0.25, 0.3) is 6.08 Å². The standard InChI is InChI=1S/C9H11ClO/c1-7(8(2)10)6-9-4-3-5-11-9/h3-6,8H,1-2H3/b7-6+. The summed E-state index contributed by atoms with van der Waals surface area (Å²) >= 11 is 5.84. The summed E-state index contributed by atoms with van der Waals surface area (Å²) in [6.45, 7) is 3.93. The van der Waals surface area contributed by atoms with Crippen LogP contribution in [0.4, 0.5) is 0 Å². The predicted octanol–water partition coefficient (Wildman–Crippen LogP) is 3.31. The van der Waals surface area contributed by atoms with E-state index in [1.165, 1.54) is 0 Å². The average molecular weight is 171 g/mol. The number of hydrogen-bond acceptors (Lipinski definition) is 1. The maximum Gasteiger partial charge on any atom is 0.126 e. The van der Waals surface area contributed by atoms with E-state index in [-0.39, 0.29) is 5.38 Å². The summed E-state index contributed by atoms with van der Waals surface area (Å²) in [6, 6.07) is 3.76. The molecule has 1 aromatic rings. The van der Waals surface area contributed by atoms with Gasteiger partial charge in [-0.05, 0) is 32.1 Å². The van der Waals surface area contributed by atoms with E-state index in [0.29, 0.717) is 0 Å². The van der Waals surface area contributed by atoms with E-state index in [2.05, 4.69) is 0 Å². The van der Waals surface area contributed by atoms with Gasteiger partial charge in [0, 0.05) is 0 Å². The van der Waals surface area contributed by atoms with Gasteiger partial charge in [0.1, 0.15) is 5.76 Å². The van der Waals surface area contributed by atoms with E-state index < -0.39 is 0 Å². The Kier molecular flexibility index (Phi) is 2.77. The third kappa shape index (κ3) is 2.43. The number of alkyl halides is 1. The van der Waals surface area contributed by atoms with E-state index in [0.717, 1.165) is 11.3 Å². The van der Waals surface area contributed by atoms with Crippen molar-refractivity contribution in [1.29, 1.82) is 0 Å². The summed E-state index contributed by atoms with van der Waals surface area (Å²) in [4.78, 5) is 0. The van der Waals surface area contributed by atoms with Gasteiger partial charge in [-0.25, -0.2) is 0 Å². The molecule has 0 radical (unpaired) electrons. The predicted molar refractivity (Wildman–Crippen MR) is 47.7 cm³/mol. The number of furan rings is 1. The highest BCUT2D eigenvalue weighted by molar-refractivity contribution is 6.22. The van der Waals surface area contributed by atoms with E-state index in [4.69, 9.17) is 16.0 Å². The van der Waals surface area contributed by atoms with Crippen LogP contribution in [0.1, 0.15) is 19.6 Å². The fraction of sp³-hybridized carbons (Fsp3) is 0.333. The molecule has 0 fully saturated rings. The minimum atomic E-state index is 0.0695. The maximum atomic E-state index is 5.84. The molecule has 0 N–H and O–H groups in total. The van der Waals surface area contributed by atoms with E-state index >= 15 is 0 Å². The van der Waals surface area contributed by atoms with Crippen molar-refractivity contribution >= 4 is 17.7 Å². The first-order valence-electron chi connectivity index (χ1n) is 3.56. The smallest absolute Gasteiger partial charge is 0.126 e. The summed E-state index contributed by atoms with van der Waals surface area (Å²) < 4.78 is 5.12. The molecule has 1 unspecified atom stereocenters. The molecule has 0 aliphatic rings. The Hall–Kier alpha value is -0.690. The Morgan fingerprint density at radius 1 is 1.73 bits per heavy atom. The van der Waals surface area contributed by atoms with Gasteiger partial charge in [0.2, 0.25) is 0 Å². The Bertz CT molecular complexity index is 234. The molecule has 0 saturated heterocycles. The zero-order valence-corrected chi connectivity index (χ0v) is 7.43. The van der Waals surface area contributed by atoms with Crippen molar-refractivity contribution in [3.63, 3.8) is 0 Å². The average Bonchev–Trinajstić information content (AvgIpc) is 2.39. The normalized spacial score (nSPS) is 15.0. The molecule has 1 atom stereocenters. The van der Waals surface area contributed by atoms with Crippen LogP contribution in [0.5, 0.6) is 0 Å². The van der Waals surface area contributed by atoms with Gasteiger partial charge in [0.15, 0.2) is 0 Å². The molecule has 1 heterocycles. The molecule has 1 aromatic heterocycles. The fourth-order valence-electron chi connectivity index (χ4n) is 0.713. The van der Waals surface area contributed by atoms with Crippen LogP contribution in [0, 0.1) is 0 Å². The molecule has 0 aromatic carbocycles. The van der Waals surface area contributed by atoms with Crippen LogP contribution in [0.2, 0.25) is 0 Å².